The van der Waals surface area contributed by atoms with Gasteiger partial charge in [-0.05, 0) is 6.92 Å². The average Bonchev–Trinajstić information content (AvgIpc) is 1.69. The third-order valence-corrected chi connectivity index (χ3v) is 0.692. The second kappa shape index (κ2) is 5.47. The van der Waals surface area contributed by atoms with Crippen molar-refractivity contribution >= 4 is 12.4 Å². The predicted molar refractivity (Wildman–Crippen MR) is 39.0 cm³/mol. The lowest BCUT2D eigenvalue weighted by molar-refractivity contribution is 1.12. The average molecular weight is 148 g/mol. The van der Waals surface area contributed by atoms with Crippen LogP contribution >= 0.6 is 12.4 Å². The molecule has 0 fully saturated rings. The Bertz CT molecular complexity index is 142. The van der Waals surface area contributed by atoms with Crippen molar-refractivity contribution in [2.75, 3.05) is 0 Å². The van der Waals surface area contributed by atoms with Crippen LogP contribution in [0.2, 0.25) is 0 Å². The predicted octanol–water partition coefficient (Wildman–Crippen LogP) is 1.37. The summed E-state index contributed by atoms with van der Waals surface area (Å²) in [7, 11) is 0. The maximum atomic E-state index is 3.92. The Kier molecular flexibility index (Phi) is 6.78. The van der Waals surface area contributed by atoms with E-state index in [-0.39, 0.29) is 18.6 Å². The third kappa shape index (κ3) is 3.88. The first-order valence-corrected chi connectivity index (χ1v) is 2.12. The third-order valence-electron chi connectivity index (χ3n) is 0.692. The lowest BCUT2D eigenvalue weighted by atomic mass is 10.5. The van der Waals surface area contributed by atoms with Crippen LogP contribution in [0.1, 0.15) is 5.69 Å². The zero-order valence-electron chi connectivity index (χ0n) is 5.24. The molecule has 0 amide bonds. The summed E-state index contributed by atoms with van der Waals surface area (Å²) in [5.41, 5.74) is 0.961. The second-order valence-corrected chi connectivity index (χ2v) is 1.35. The summed E-state index contributed by atoms with van der Waals surface area (Å²) >= 11 is 0. The van der Waals surface area contributed by atoms with Crippen molar-refractivity contribution in [1.29, 1.82) is 0 Å². The molecule has 0 aliphatic rings. The van der Waals surface area contributed by atoms with Gasteiger partial charge in [-0.2, -0.15) is 0 Å². The molecule has 0 radical (unpaired) electrons. The molecule has 0 spiro atoms. The first-order valence-electron chi connectivity index (χ1n) is 2.12. The highest BCUT2D eigenvalue weighted by Crippen LogP contribution is 1.81. The summed E-state index contributed by atoms with van der Waals surface area (Å²) in [5.74, 6) is 0. The number of aromatic nitrogens is 2. The molecule has 1 aromatic rings. The monoisotopic (exact) mass is 147 g/mol. The van der Waals surface area contributed by atoms with Crippen LogP contribution in [0.15, 0.2) is 18.6 Å². The molecule has 1 rings (SSSR count). The van der Waals surface area contributed by atoms with Gasteiger partial charge in [0.05, 0.1) is 5.69 Å². The number of nitrogens with zero attached hydrogens (tertiary/aromatic N) is 2. The quantitative estimate of drug-likeness (QED) is 0.603. The van der Waals surface area contributed by atoms with E-state index in [2.05, 4.69) is 9.97 Å². The second-order valence-electron chi connectivity index (χ2n) is 1.35. The van der Waals surface area contributed by atoms with E-state index in [0.29, 0.717) is 0 Å². The Morgan fingerprint density at radius 3 is 2.22 bits per heavy atom. The minimum Gasteiger partial charge on any atom is -0.344 e. The van der Waals surface area contributed by atoms with Gasteiger partial charge in [-0.3, -0.25) is 9.97 Å². The van der Waals surface area contributed by atoms with Crippen LogP contribution in [0.5, 0.6) is 0 Å². The molecule has 1 aromatic heterocycles. The Balaban J connectivity index is 0. The summed E-state index contributed by atoms with van der Waals surface area (Å²) in [6.07, 6.45) is 5.06. The molecule has 0 aliphatic carbocycles. The van der Waals surface area contributed by atoms with Crippen molar-refractivity contribution in [2.24, 2.45) is 0 Å². The molecule has 3 N–H and O–H groups in total. The van der Waals surface area contributed by atoms with Crippen molar-refractivity contribution in [1.82, 2.24) is 16.1 Å². The molecule has 52 valence electrons. The van der Waals surface area contributed by atoms with Crippen LogP contribution in [0.25, 0.3) is 0 Å². The summed E-state index contributed by atoms with van der Waals surface area (Å²) in [6.45, 7) is 1.91. The molecule has 0 saturated carbocycles. The summed E-state index contributed by atoms with van der Waals surface area (Å²) in [4.78, 5) is 7.74. The van der Waals surface area contributed by atoms with Crippen molar-refractivity contribution < 1.29 is 0 Å². The maximum Gasteiger partial charge on any atom is 0.0555 e. The molecular formula is C5H10ClN3. The largest absolute Gasteiger partial charge is 0.344 e. The van der Waals surface area contributed by atoms with E-state index in [1.807, 2.05) is 6.92 Å². The van der Waals surface area contributed by atoms with Crippen LogP contribution in [-0.2, 0) is 0 Å². The number of halogens is 1. The van der Waals surface area contributed by atoms with E-state index in [1.54, 1.807) is 18.6 Å². The smallest absolute Gasteiger partial charge is 0.0555 e. The molecular weight excluding hydrogens is 138 g/mol. The lowest BCUT2D eigenvalue weighted by Crippen LogP contribution is -1.77. The molecule has 0 aromatic carbocycles. The van der Waals surface area contributed by atoms with Crippen LogP contribution in [0.3, 0.4) is 0 Å². The molecule has 3 nitrogen and oxygen atoms in total. The van der Waals surface area contributed by atoms with Gasteiger partial charge in [0.25, 0.3) is 0 Å². The fraction of sp³-hybridized carbons (Fsp3) is 0.200. The minimum absolute atomic E-state index is 0. The molecule has 0 saturated heterocycles. The Morgan fingerprint density at radius 2 is 2.00 bits per heavy atom. The highest BCUT2D eigenvalue weighted by Gasteiger charge is 1.74. The van der Waals surface area contributed by atoms with Crippen LogP contribution in [0.4, 0.5) is 0 Å². The van der Waals surface area contributed by atoms with Gasteiger partial charge in [-0.15, -0.1) is 12.4 Å². The van der Waals surface area contributed by atoms with Crippen LogP contribution in [-0.4, -0.2) is 9.97 Å². The van der Waals surface area contributed by atoms with Gasteiger partial charge in [-0.25, -0.2) is 0 Å². The summed E-state index contributed by atoms with van der Waals surface area (Å²) < 4.78 is 0. The van der Waals surface area contributed by atoms with Crippen molar-refractivity contribution in [3.63, 3.8) is 0 Å². The summed E-state index contributed by atoms with van der Waals surface area (Å²) in [6, 6.07) is 0. The van der Waals surface area contributed by atoms with Gasteiger partial charge in [0, 0.05) is 18.6 Å². The van der Waals surface area contributed by atoms with E-state index in [1.165, 1.54) is 0 Å². The number of hydrogen-bond donors (Lipinski definition) is 1. The van der Waals surface area contributed by atoms with Gasteiger partial charge < -0.3 is 6.15 Å². The van der Waals surface area contributed by atoms with E-state index in [4.69, 9.17) is 0 Å². The van der Waals surface area contributed by atoms with Gasteiger partial charge in [0.15, 0.2) is 0 Å². The molecule has 4 heteroatoms. The van der Waals surface area contributed by atoms with E-state index in [9.17, 15) is 0 Å². The van der Waals surface area contributed by atoms with E-state index >= 15 is 0 Å². The number of rotatable bonds is 0. The van der Waals surface area contributed by atoms with E-state index in [0.717, 1.165) is 5.69 Å². The summed E-state index contributed by atoms with van der Waals surface area (Å²) in [5, 5.41) is 0. The van der Waals surface area contributed by atoms with Gasteiger partial charge in [0.1, 0.15) is 0 Å². The van der Waals surface area contributed by atoms with Crippen molar-refractivity contribution in [3.8, 4) is 0 Å². The zero-order valence-corrected chi connectivity index (χ0v) is 6.06. The van der Waals surface area contributed by atoms with Gasteiger partial charge >= 0.3 is 0 Å². The molecule has 0 atom stereocenters. The first-order chi connectivity index (χ1) is 3.39. The number of hydrogen-bond acceptors (Lipinski definition) is 3. The van der Waals surface area contributed by atoms with E-state index < -0.39 is 0 Å². The zero-order chi connectivity index (χ0) is 5.11. The number of aryl methyl sites for hydroxylation is 1. The molecule has 0 aliphatic heterocycles. The normalized spacial score (nSPS) is 6.78. The molecule has 1 heterocycles. The molecule has 9 heavy (non-hydrogen) atoms. The van der Waals surface area contributed by atoms with Gasteiger partial charge in [0.2, 0.25) is 0 Å². The van der Waals surface area contributed by atoms with Crippen LogP contribution in [0, 0.1) is 6.92 Å². The SMILES string of the molecule is Cc1cnccn1.Cl.N. The standard InChI is InChI=1S/C5H6N2.ClH.H3N/c1-5-4-6-2-3-7-5;;/h2-4H,1H3;1H;1H3. The van der Waals surface area contributed by atoms with Crippen molar-refractivity contribution in [2.45, 2.75) is 6.92 Å². The van der Waals surface area contributed by atoms with Crippen LogP contribution < -0.4 is 6.15 Å². The van der Waals surface area contributed by atoms with Gasteiger partial charge in [-0.1, -0.05) is 0 Å². The Labute approximate surface area is 60.5 Å². The maximum absolute atomic E-state index is 3.92. The lowest BCUT2D eigenvalue weighted by Gasteiger charge is -1.81. The fourth-order valence-corrected chi connectivity index (χ4v) is 0.374. The highest BCUT2D eigenvalue weighted by molar-refractivity contribution is 5.85. The minimum atomic E-state index is 0. The fourth-order valence-electron chi connectivity index (χ4n) is 0.374. The molecule has 0 unspecified atom stereocenters. The highest BCUT2D eigenvalue weighted by atomic mass is 35.5. The Morgan fingerprint density at radius 1 is 1.33 bits per heavy atom. The molecule has 0 bridgehead atoms. The first kappa shape index (κ1) is 11.2. The topological polar surface area (TPSA) is 60.8 Å². The Hall–Kier alpha value is -0.670. The van der Waals surface area contributed by atoms with Crippen molar-refractivity contribution in [3.05, 3.63) is 24.3 Å².